The zero-order chi connectivity index (χ0) is 17.2. The zero-order valence-corrected chi connectivity index (χ0v) is 13.3. The van der Waals surface area contributed by atoms with Gasteiger partial charge in [-0.05, 0) is 30.7 Å². The van der Waals surface area contributed by atoms with Gasteiger partial charge in [-0.2, -0.15) is 5.10 Å². The van der Waals surface area contributed by atoms with Crippen LogP contribution in [0.5, 0.6) is 5.75 Å². The van der Waals surface area contributed by atoms with Crippen LogP contribution < -0.4 is 15.4 Å². The molecule has 2 N–H and O–H groups in total. The maximum atomic E-state index is 13.6. The molecule has 4 rings (SSSR count). The van der Waals surface area contributed by atoms with Gasteiger partial charge < -0.3 is 15.4 Å². The lowest BCUT2D eigenvalue weighted by Crippen LogP contribution is -2.25. The van der Waals surface area contributed by atoms with Crippen LogP contribution in [0.25, 0.3) is 5.65 Å². The maximum Gasteiger partial charge on any atom is 0.256 e. The average molecular weight is 341 g/mol. The largest absolute Gasteiger partial charge is 0.493 e. The van der Waals surface area contributed by atoms with Gasteiger partial charge in [0.15, 0.2) is 5.65 Å². The molecule has 2 bridgehead atoms. The molecule has 7 nitrogen and oxygen atoms in total. The summed E-state index contributed by atoms with van der Waals surface area (Å²) in [5.74, 6) is 0.635. The van der Waals surface area contributed by atoms with Crippen molar-refractivity contribution in [2.75, 3.05) is 18.5 Å². The van der Waals surface area contributed by atoms with Gasteiger partial charge in [-0.1, -0.05) is 0 Å². The van der Waals surface area contributed by atoms with Crippen molar-refractivity contribution in [2.45, 2.75) is 13.0 Å². The lowest BCUT2D eigenvalue weighted by molar-refractivity contribution is 0.0953. The molecule has 0 saturated heterocycles. The second-order valence-electron chi connectivity index (χ2n) is 5.70. The molecule has 3 heterocycles. The smallest absolute Gasteiger partial charge is 0.256 e. The Morgan fingerprint density at radius 3 is 3.08 bits per heavy atom. The third kappa shape index (κ3) is 3.10. The minimum Gasteiger partial charge on any atom is -0.493 e. The Morgan fingerprint density at radius 1 is 1.24 bits per heavy atom. The van der Waals surface area contributed by atoms with E-state index in [4.69, 9.17) is 4.74 Å². The molecule has 0 spiro atoms. The first-order chi connectivity index (χ1) is 12.2. The van der Waals surface area contributed by atoms with Crippen LogP contribution in [0.3, 0.4) is 0 Å². The van der Waals surface area contributed by atoms with Crippen LogP contribution in [0, 0.1) is 5.82 Å². The normalized spacial score (nSPS) is 15.0. The van der Waals surface area contributed by atoms with Crippen molar-refractivity contribution in [1.82, 2.24) is 19.9 Å². The highest BCUT2D eigenvalue weighted by Gasteiger charge is 2.15. The molecule has 25 heavy (non-hydrogen) atoms. The molecule has 0 fully saturated rings. The minimum absolute atomic E-state index is 0.223. The second-order valence-corrected chi connectivity index (χ2v) is 5.70. The minimum atomic E-state index is -0.320. The van der Waals surface area contributed by atoms with Crippen molar-refractivity contribution in [1.29, 1.82) is 0 Å². The summed E-state index contributed by atoms with van der Waals surface area (Å²) in [6.45, 7) is 1.24. The predicted molar refractivity (Wildman–Crippen MR) is 89.2 cm³/mol. The van der Waals surface area contributed by atoms with E-state index in [9.17, 15) is 9.18 Å². The highest BCUT2D eigenvalue weighted by atomic mass is 19.1. The number of carbonyl (C=O) groups excluding carboxylic acids is 1. The summed E-state index contributed by atoms with van der Waals surface area (Å²) in [7, 11) is 0. The molecule has 0 atom stereocenters. The van der Waals surface area contributed by atoms with Crippen LogP contribution >= 0.6 is 0 Å². The first-order valence-corrected chi connectivity index (χ1v) is 7.98. The van der Waals surface area contributed by atoms with Crippen LogP contribution in [0.15, 0.2) is 36.7 Å². The maximum absolute atomic E-state index is 13.6. The van der Waals surface area contributed by atoms with Gasteiger partial charge in [0.25, 0.3) is 5.91 Å². The number of anilines is 1. The molecule has 1 aromatic carbocycles. The van der Waals surface area contributed by atoms with E-state index in [0.29, 0.717) is 54.5 Å². The van der Waals surface area contributed by atoms with E-state index >= 15 is 0 Å². The second kappa shape index (κ2) is 6.39. The van der Waals surface area contributed by atoms with E-state index in [2.05, 4.69) is 20.7 Å². The van der Waals surface area contributed by atoms with Crippen LogP contribution in [0.1, 0.15) is 22.3 Å². The lowest BCUT2D eigenvalue weighted by atomic mass is 10.2. The standard InChI is InChI=1S/C17H16FN5O2/c18-12-2-3-14-11(8-12)9-20-15-4-6-23-16(22-15)13(10-21-23)17(24)19-5-1-7-25-14/h2-4,6,8,10H,1,5,7,9H2,(H,19,24)(H,20,22). The van der Waals surface area contributed by atoms with Gasteiger partial charge in [-0.25, -0.2) is 13.9 Å². The van der Waals surface area contributed by atoms with Crippen molar-refractivity contribution in [2.24, 2.45) is 0 Å². The van der Waals surface area contributed by atoms with E-state index in [1.807, 2.05) is 0 Å². The van der Waals surface area contributed by atoms with Gasteiger partial charge in [-0.15, -0.1) is 0 Å². The molecule has 8 heteroatoms. The number of fused-ring (bicyclic) bond motifs is 2. The molecule has 0 saturated carbocycles. The summed E-state index contributed by atoms with van der Waals surface area (Å²) >= 11 is 0. The number of aromatic nitrogens is 3. The van der Waals surface area contributed by atoms with Crippen molar-refractivity contribution < 1.29 is 13.9 Å². The molecule has 0 radical (unpaired) electrons. The highest BCUT2D eigenvalue weighted by molar-refractivity contribution is 5.99. The molecule has 1 amide bonds. The number of halogens is 1. The fourth-order valence-electron chi connectivity index (χ4n) is 2.69. The van der Waals surface area contributed by atoms with E-state index in [-0.39, 0.29) is 11.7 Å². The van der Waals surface area contributed by atoms with E-state index in [1.54, 1.807) is 22.8 Å². The number of nitrogens with one attached hydrogen (secondary N) is 2. The lowest BCUT2D eigenvalue weighted by Gasteiger charge is -2.14. The van der Waals surface area contributed by atoms with Gasteiger partial charge in [0.1, 0.15) is 22.9 Å². The first-order valence-electron chi connectivity index (χ1n) is 7.98. The number of amides is 1. The van der Waals surface area contributed by atoms with Crippen LogP contribution in [0.4, 0.5) is 10.2 Å². The summed E-state index contributed by atoms with van der Waals surface area (Å²) in [6, 6.07) is 6.17. The van der Waals surface area contributed by atoms with Crippen LogP contribution in [0.2, 0.25) is 0 Å². The summed E-state index contributed by atoms with van der Waals surface area (Å²) in [4.78, 5) is 16.7. The Hall–Kier alpha value is -3.16. The fraction of sp³-hybridized carbons (Fsp3) is 0.235. The number of rotatable bonds is 0. The van der Waals surface area contributed by atoms with Gasteiger partial charge in [0, 0.05) is 24.8 Å². The highest BCUT2D eigenvalue weighted by Crippen LogP contribution is 2.22. The van der Waals surface area contributed by atoms with Crippen molar-refractivity contribution in [3.8, 4) is 5.75 Å². The van der Waals surface area contributed by atoms with E-state index in [0.717, 1.165) is 0 Å². The Morgan fingerprint density at radius 2 is 2.16 bits per heavy atom. The molecule has 2 aromatic heterocycles. The Bertz CT molecular complexity index is 940. The molecule has 1 aliphatic rings. The monoisotopic (exact) mass is 341 g/mol. The topological polar surface area (TPSA) is 80.5 Å². The van der Waals surface area contributed by atoms with Gasteiger partial charge in [-0.3, -0.25) is 4.79 Å². The zero-order valence-electron chi connectivity index (χ0n) is 13.3. The summed E-state index contributed by atoms with van der Waals surface area (Å²) in [5.41, 5.74) is 1.58. The van der Waals surface area contributed by atoms with Crippen LogP contribution in [-0.2, 0) is 6.54 Å². The summed E-state index contributed by atoms with van der Waals surface area (Å²) < 4.78 is 20.8. The number of ether oxygens (including phenoxy) is 1. The number of carbonyl (C=O) groups is 1. The molecule has 1 aliphatic heterocycles. The van der Waals surface area contributed by atoms with Crippen molar-refractivity contribution >= 4 is 17.4 Å². The van der Waals surface area contributed by atoms with Gasteiger partial charge in [0.05, 0.1) is 12.8 Å². The molecule has 0 unspecified atom stereocenters. The third-order valence-electron chi connectivity index (χ3n) is 3.96. The SMILES string of the molecule is O=C1NCCCOc2ccc(F)cc2CNc2ccn3ncc1c3n2. The number of nitrogens with zero attached hydrogens (tertiary/aromatic N) is 3. The third-order valence-corrected chi connectivity index (χ3v) is 3.96. The van der Waals surface area contributed by atoms with E-state index < -0.39 is 0 Å². The summed E-state index contributed by atoms with van der Waals surface area (Å²) in [5, 5.41) is 10.1. The average Bonchev–Trinajstić information content (AvgIpc) is 3.03. The molecular weight excluding hydrogens is 325 g/mol. The Kier molecular flexibility index (Phi) is 3.93. The number of hydrogen-bond acceptors (Lipinski definition) is 5. The van der Waals surface area contributed by atoms with Crippen molar-refractivity contribution in [3.63, 3.8) is 0 Å². The first kappa shape index (κ1) is 15.4. The fourth-order valence-corrected chi connectivity index (χ4v) is 2.69. The van der Waals surface area contributed by atoms with Crippen molar-refractivity contribution in [3.05, 3.63) is 53.6 Å². The van der Waals surface area contributed by atoms with Gasteiger partial charge in [0.2, 0.25) is 0 Å². The Labute approximate surface area is 142 Å². The molecular formula is C17H16FN5O2. The van der Waals surface area contributed by atoms with E-state index in [1.165, 1.54) is 18.3 Å². The molecule has 3 aromatic rings. The Balaban J connectivity index is 1.72. The number of benzene rings is 1. The predicted octanol–water partition coefficient (Wildman–Crippen LogP) is 1.99. The summed E-state index contributed by atoms with van der Waals surface area (Å²) in [6.07, 6.45) is 3.85. The quantitative estimate of drug-likeness (QED) is 0.654. The van der Waals surface area contributed by atoms with Gasteiger partial charge >= 0.3 is 0 Å². The number of hydrogen-bond donors (Lipinski definition) is 2. The molecule has 0 aliphatic carbocycles. The molecule has 128 valence electrons. The van der Waals surface area contributed by atoms with Crippen LogP contribution in [-0.4, -0.2) is 33.7 Å².